The second kappa shape index (κ2) is 2.47. The van der Waals surface area contributed by atoms with Crippen LogP contribution in [-0.4, -0.2) is 10.6 Å². The first-order chi connectivity index (χ1) is 6.77. The molecule has 1 aromatic heterocycles. The van der Waals surface area contributed by atoms with Gasteiger partial charge in [-0.1, -0.05) is 6.08 Å². The number of aromatic nitrogens is 1. The van der Waals surface area contributed by atoms with Crippen molar-refractivity contribution in [1.29, 1.82) is 0 Å². The van der Waals surface area contributed by atoms with E-state index in [1.165, 1.54) is 16.4 Å². The molecule has 1 aromatic rings. The molecule has 0 saturated heterocycles. The lowest BCUT2D eigenvalue weighted by molar-refractivity contribution is 0.733. The summed E-state index contributed by atoms with van der Waals surface area (Å²) in [5.74, 6) is 0. The zero-order chi connectivity index (χ0) is 9.71. The quantitative estimate of drug-likeness (QED) is 0.505. The van der Waals surface area contributed by atoms with Crippen molar-refractivity contribution in [1.82, 2.24) is 9.14 Å². The van der Waals surface area contributed by atoms with Gasteiger partial charge in [0.25, 0.3) is 0 Å². The number of hydrogen-bond donors (Lipinski definition) is 0. The van der Waals surface area contributed by atoms with E-state index in [0.717, 1.165) is 0 Å². The van der Waals surface area contributed by atoms with Crippen LogP contribution in [0.25, 0.3) is 6.08 Å². The van der Waals surface area contributed by atoms with Crippen LogP contribution in [-0.2, 0) is 7.05 Å². The third-order valence-electron chi connectivity index (χ3n) is 3.09. The Morgan fingerprint density at radius 3 is 3.07 bits per heavy atom. The maximum Gasteiger partial charge on any atom is 0.231 e. The zero-order valence-corrected chi connectivity index (χ0v) is 8.44. The summed E-state index contributed by atoms with van der Waals surface area (Å²) in [4.78, 5) is 0. The van der Waals surface area contributed by atoms with Gasteiger partial charge in [0.05, 0.1) is 0 Å². The van der Waals surface area contributed by atoms with E-state index in [9.17, 15) is 0 Å². The normalized spacial score (nSPS) is 22.1. The van der Waals surface area contributed by atoms with Crippen LogP contribution in [0.3, 0.4) is 0 Å². The SMILES string of the molecule is Cc1cc2c(n1C)=CC1C=CC=C[N+]=21. The van der Waals surface area contributed by atoms with E-state index < -0.39 is 0 Å². The van der Waals surface area contributed by atoms with Crippen molar-refractivity contribution in [3.63, 3.8) is 0 Å². The first-order valence-corrected chi connectivity index (χ1v) is 4.92. The fourth-order valence-electron chi connectivity index (χ4n) is 2.19. The van der Waals surface area contributed by atoms with E-state index in [1.807, 2.05) is 0 Å². The lowest BCUT2D eigenvalue weighted by Gasteiger charge is -2.02. The minimum Gasteiger partial charge on any atom is -0.343 e. The molecule has 0 N–H and O–H groups in total. The topological polar surface area (TPSA) is 7.94 Å². The van der Waals surface area contributed by atoms with E-state index in [2.05, 4.69) is 59.7 Å². The molecule has 1 unspecified atom stereocenters. The molecule has 0 amide bonds. The van der Waals surface area contributed by atoms with E-state index in [0.29, 0.717) is 6.04 Å². The molecule has 1 atom stereocenters. The van der Waals surface area contributed by atoms with Crippen molar-refractivity contribution in [2.24, 2.45) is 7.05 Å². The van der Waals surface area contributed by atoms with Gasteiger partial charge >= 0.3 is 0 Å². The van der Waals surface area contributed by atoms with Gasteiger partial charge in [0.1, 0.15) is 5.35 Å². The van der Waals surface area contributed by atoms with E-state index in [1.54, 1.807) is 0 Å². The Balaban J connectivity index is 2.44. The third kappa shape index (κ3) is 0.830. The van der Waals surface area contributed by atoms with Crippen LogP contribution in [0.2, 0.25) is 0 Å². The van der Waals surface area contributed by atoms with Gasteiger partial charge in [0.2, 0.25) is 5.36 Å². The standard InChI is InChI=1S/C12H13N2/c1-9-7-12-11(13(9)2)8-10-5-3-4-6-14(10)12/h3-8,10H,1-2H3/q+1. The van der Waals surface area contributed by atoms with Crippen LogP contribution in [0.15, 0.2) is 30.5 Å². The molecular weight excluding hydrogens is 172 g/mol. The molecule has 0 aromatic carbocycles. The fourth-order valence-corrected chi connectivity index (χ4v) is 2.19. The van der Waals surface area contributed by atoms with Crippen molar-refractivity contribution in [2.75, 3.05) is 0 Å². The minimum absolute atomic E-state index is 0.428. The zero-order valence-electron chi connectivity index (χ0n) is 8.44. The van der Waals surface area contributed by atoms with Crippen LogP contribution in [0.1, 0.15) is 5.69 Å². The second-order valence-corrected chi connectivity index (χ2v) is 3.91. The molecule has 14 heavy (non-hydrogen) atoms. The summed E-state index contributed by atoms with van der Waals surface area (Å²) in [6.45, 7) is 2.14. The highest BCUT2D eigenvalue weighted by Gasteiger charge is 2.24. The van der Waals surface area contributed by atoms with E-state index in [4.69, 9.17) is 0 Å². The first-order valence-electron chi connectivity index (χ1n) is 4.92. The van der Waals surface area contributed by atoms with E-state index in [-0.39, 0.29) is 0 Å². The Morgan fingerprint density at radius 2 is 2.21 bits per heavy atom. The summed E-state index contributed by atoms with van der Waals surface area (Å²) in [5, 5.41) is 2.67. The average molecular weight is 185 g/mol. The van der Waals surface area contributed by atoms with Gasteiger partial charge in [-0.15, -0.1) is 0 Å². The lowest BCUT2D eigenvalue weighted by atomic mass is 10.2. The molecule has 3 rings (SSSR count). The lowest BCUT2D eigenvalue weighted by Crippen LogP contribution is -2.33. The number of hydrogen-bond acceptors (Lipinski definition) is 0. The predicted molar refractivity (Wildman–Crippen MR) is 57.2 cm³/mol. The largest absolute Gasteiger partial charge is 0.343 e. The number of nitrogens with zero attached hydrogens (tertiary/aromatic N) is 2. The van der Waals surface area contributed by atoms with Crippen LogP contribution >= 0.6 is 0 Å². The van der Waals surface area contributed by atoms with Gasteiger partial charge in [0, 0.05) is 31.0 Å². The fraction of sp³-hybridized carbons (Fsp3) is 0.250. The van der Waals surface area contributed by atoms with E-state index >= 15 is 0 Å². The highest BCUT2D eigenvalue weighted by molar-refractivity contribution is 5.42. The molecule has 0 bridgehead atoms. The highest BCUT2D eigenvalue weighted by Crippen LogP contribution is 2.04. The molecule has 0 radical (unpaired) electrons. The molecule has 3 heterocycles. The maximum atomic E-state index is 2.31. The molecule has 2 aliphatic rings. The number of aryl methyl sites for hydroxylation is 1. The highest BCUT2D eigenvalue weighted by atomic mass is 15.1. The Labute approximate surface area is 82.8 Å². The summed E-state index contributed by atoms with van der Waals surface area (Å²) in [5.41, 5.74) is 1.31. The van der Waals surface area contributed by atoms with Gasteiger partial charge in [-0.05, 0) is 13.0 Å². The Bertz CT molecular complexity index is 570. The summed E-state index contributed by atoms with van der Waals surface area (Å²) >= 11 is 0. The van der Waals surface area contributed by atoms with Crippen LogP contribution in [0.5, 0.6) is 0 Å². The number of fused-ring (bicyclic) bond motifs is 2. The van der Waals surface area contributed by atoms with Crippen molar-refractivity contribution < 1.29 is 0 Å². The van der Waals surface area contributed by atoms with Gasteiger partial charge in [-0.3, -0.25) is 0 Å². The van der Waals surface area contributed by atoms with Crippen LogP contribution in [0.4, 0.5) is 0 Å². The summed E-state index contributed by atoms with van der Waals surface area (Å²) in [7, 11) is 2.12. The average Bonchev–Trinajstić information content (AvgIpc) is 2.67. The summed E-state index contributed by atoms with van der Waals surface area (Å²) in [6, 6.07) is 2.67. The van der Waals surface area contributed by atoms with Crippen molar-refractivity contribution in [3.05, 3.63) is 46.9 Å². The molecular formula is C12H13N2+. The second-order valence-electron chi connectivity index (χ2n) is 3.91. The number of rotatable bonds is 0. The van der Waals surface area contributed by atoms with Gasteiger partial charge < -0.3 is 4.57 Å². The number of allylic oxidation sites excluding steroid dienone is 2. The molecule has 0 aliphatic carbocycles. The molecule has 0 spiro atoms. The summed E-state index contributed by atoms with van der Waals surface area (Å²) < 4.78 is 4.55. The summed E-state index contributed by atoms with van der Waals surface area (Å²) in [6.07, 6.45) is 10.9. The molecule has 2 nitrogen and oxygen atoms in total. The minimum atomic E-state index is 0.428. The van der Waals surface area contributed by atoms with Gasteiger partial charge in [-0.2, -0.15) is 4.58 Å². The Hall–Kier alpha value is -1.57. The van der Waals surface area contributed by atoms with Crippen molar-refractivity contribution >= 4 is 6.08 Å². The van der Waals surface area contributed by atoms with Crippen molar-refractivity contribution in [2.45, 2.75) is 13.0 Å². The Morgan fingerprint density at radius 1 is 1.36 bits per heavy atom. The Kier molecular flexibility index (Phi) is 1.38. The molecule has 2 aliphatic heterocycles. The molecule has 0 saturated carbocycles. The monoisotopic (exact) mass is 185 g/mol. The molecule has 2 heteroatoms. The van der Waals surface area contributed by atoms with Gasteiger partial charge in [-0.25, -0.2) is 0 Å². The van der Waals surface area contributed by atoms with Crippen molar-refractivity contribution in [3.8, 4) is 0 Å². The van der Waals surface area contributed by atoms with Crippen LogP contribution < -0.4 is 15.3 Å². The third-order valence-corrected chi connectivity index (χ3v) is 3.09. The maximum absolute atomic E-state index is 2.31. The predicted octanol–water partition coefficient (Wildman–Crippen LogP) is 0.0708. The smallest absolute Gasteiger partial charge is 0.231 e. The molecule has 70 valence electrons. The van der Waals surface area contributed by atoms with Gasteiger partial charge in [0.15, 0.2) is 12.2 Å². The molecule has 0 fully saturated rings. The van der Waals surface area contributed by atoms with Crippen LogP contribution in [0, 0.1) is 6.92 Å². The first kappa shape index (κ1) is 7.80.